The van der Waals surface area contributed by atoms with E-state index in [4.69, 9.17) is 5.73 Å². The highest BCUT2D eigenvalue weighted by Crippen LogP contribution is 2.38. The van der Waals surface area contributed by atoms with Gasteiger partial charge in [0, 0.05) is 12.5 Å². The molecule has 0 aromatic rings. The summed E-state index contributed by atoms with van der Waals surface area (Å²) in [7, 11) is 0. The molecule has 4 nitrogen and oxygen atoms in total. The van der Waals surface area contributed by atoms with Crippen molar-refractivity contribution < 1.29 is 9.59 Å². The van der Waals surface area contributed by atoms with Gasteiger partial charge in [0.15, 0.2) is 0 Å². The lowest BCUT2D eigenvalue weighted by Gasteiger charge is -2.24. The van der Waals surface area contributed by atoms with Gasteiger partial charge in [0.05, 0.1) is 12.1 Å². The molecular weight excluding hydrogens is 192 g/mol. The number of hydrogen-bond acceptors (Lipinski definition) is 3. The fourth-order valence-corrected chi connectivity index (χ4v) is 2.27. The number of allylic oxidation sites excluding steroid dienone is 1. The van der Waals surface area contributed by atoms with Crippen LogP contribution in [0, 0.1) is 5.92 Å². The Morgan fingerprint density at radius 3 is 2.87 bits per heavy atom. The Balaban J connectivity index is 2.10. The number of hydrogen-bond donors (Lipinski definition) is 1. The summed E-state index contributed by atoms with van der Waals surface area (Å²) in [5.74, 6) is 0.140. The van der Waals surface area contributed by atoms with E-state index in [1.165, 1.54) is 5.57 Å². The number of likely N-dealkylation sites (tertiary alicyclic amines) is 1. The lowest BCUT2D eigenvalue weighted by Crippen LogP contribution is -2.46. The summed E-state index contributed by atoms with van der Waals surface area (Å²) >= 11 is 0. The molecule has 1 saturated heterocycles. The van der Waals surface area contributed by atoms with Crippen molar-refractivity contribution in [2.24, 2.45) is 11.7 Å². The number of nitrogens with two attached hydrogens (primary N) is 1. The molecule has 1 heterocycles. The second kappa shape index (κ2) is 3.77. The standard InChI is InChI=1S/C11H16N2O2/c1-7(12)11(15)13-5-4-9(8-2-3-8)10(13)6-14/h2,6-7,9-10H,3-5,12H2,1H3. The molecule has 1 amide bonds. The molecule has 15 heavy (non-hydrogen) atoms. The second-order valence-corrected chi connectivity index (χ2v) is 4.33. The summed E-state index contributed by atoms with van der Waals surface area (Å²) in [5.41, 5.74) is 6.87. The van der Waals surface area contributed by atoms with Gasteiger partial charge in [-0.25, -0.2) is 0 Å². The van der Waals surface area contributed by atoms with E-state index < -0.39 is 6.04 Å². The lowest BCUT2D eigenvalue weighted by molar-refractivity contribution is -0.135. The molecule has 1 fully saturated rings. The van der Waals surface area contributed by atoms with E-state index in [0.29, 0.717) is 6.54 Å². The Bertz CT molecular complexity index is 323. The highest BCUT2D eigenvalue weighted by molar-refractivity contribution is 5.84. The van der Waals surface area contributed by atoms with E-state index in [1.807, 2.05) is 0 Å². The fourth-order valence-electron chi connectivity index (χ4n) is 2.27. The van der Waals surface area contributed by atoms with E-state index in [2.05, 4.69) is 6.08 Å². The van der Waals surface area contributed by atoms with E-state index >= 15 is 0 Å². The van der Waals surface area contributed by atoms with Crippen molar-refractivity contribution in [3.8, 4) is 0 Å². The molecule has 82 valence electrons. The first-order valence-electron chi connectivity index (χ1n) is 5.35. The van der Waals surface area contributed by atoms with Crippen LogP contribution < -0.4 is 5.73 Å². The van der Waals surface area contributed by atoms with E-state index in [-0.39, 0.29) is 17.9 Å². The number of rotatable bonds is 3. The summed E-state index contributed by atoms with van der Waals surface area (Å²) < 4.78 is 0. The molecule has 3 unspecified atom stereocenters. The van der Waals surface area contributed by atoms with E-state index in [1.54, 1.807) is 11.8 Å². The maximum absolute atomic E-state index is 11.7. The zero-order valence-electron chi connectivity index (χ0n) is 8.85. The van der Waals surface area contributed by atoms with Gasteiger partial charge in [-0.15, -0.1) is 0 Å². The average molecular weight is 208 g/mol. The molecule has 0 radical (unpaired) electrons. The molecule has 1 aliphatic carbocycles. The molecule has 2 N–H and O–H groups in total. The number of carbonyl (C=O) groups excluding carboxylic acids is 2. The quantitative estimate of drug-likeness (QED) is 0.527. The number of aldehydes is 1. The van der Waals surface area contributed by atoms with Crippen molar-refractivity contribution in [3.63, 3.8) is 0 Å². The largest absolute Gasteiger partial charge is 0.331 e. The lowest BCUT2D eigenvalue weighted by atomic mass is 9.98. The van der Waals surface area contributed by atoms with Gasteiger partial charge in [0.2, 0.25) is 5.91 Å². The molecular formula is C11H16N2O2. The summed E-state index contributed by atoms with van der Waals surface area (Å²) in [4.78, 5) is 24.4. The van der Waals surface area contributed by atoms with Gasteiger partial charge in [-0.3, -0.25) is 4.79 Å². The molecule has 0 bridgehead atoms. The highest BCUT2D eigenvalue weighted by Gasteiger charge is 2.40. The van der Waals surface area contributed by atoms with Crippen LogP contribution in [0.25, 0.3) is 0 Å². The summed E-state index contributed by atoms with van der Waals surface area (Å²) in [6.45, 7) is 2.32. The molecule has 4 heteroatoms. The average Bonchev–Trinajstić information content (AvgIpc) is 2.96. The second-order valence-electron chi connectivity index (χ2n) is 4.33. The third kappa shape index (κ3) is 1.81. The monoisotopic (exact) mass is 208 g/mol. The van der Waals surface area contributed by atoms with Crippen molar-refractivity contribution in [1.82, 2.24) is 4.90 Å². The van der Waals surface area contributed by atoms with Crippen molar-refractivity contribution in [2.45, 2.75) is 31.8 Å². The third-order valence-corrected chi connectivity index (χ3v) is 3.18. The van der Waals surface area contributed by atoms with Crippen molar-refractivity contribution in [3.05, 3.63) is 11.6 Å². The van der Waals surface area contributed by atoms with Gasteiger partial charge >= 0.3 is 0 Å². The van der Waals surface area contributed by atoms with Crippen LogP contribution in [0.5, 0.6) is 0 Å². The Labute approximate surface area is 89.1 Å². The normalized spacial score (nSPS) is 31.1. The predicted octanol–water partition coefficient (Wildman–Crippen LogP) is 0.0797. The van der Waals surface area contributed by atoms with Crippen LogP contribution in [0.1, 0.15) is 19.8 Å². The zero-order chi connectivity index (χ0) is 11.0. The smallest absolute Gasteiger partial charge is 0.239 e. The predicted molar refractivity (Wildman–Crippen MR) is 56.0 cm³/mol. The van der Waals surface area contributed by atoms with Crippen LogP contribution in [0.2, 0.25) is 0 Å². The van der Waals surface area contributed by atoms with Gasteiger partial charge in [-0.2, -0.15) is 0 Å². The molecule has 2 aliphatic rings. The summed E-state index contributed by atoms with van der Waals surface area (Å²) in [6, 6.07) is -0.795. The zero-order valence-corrected chi connectivity index (χ0v) is 8.85. The van der Waals surface area contributed by atoms with Crippen LogP contribution in [-0.4, -0.2) is 35.7 Å². The molecule has 0 aromatic carbocycles. The third-order valence-electron chi connectivity index (χ3n) is 3.18. The Hall–Kier alpha value is -1.16. The van der Waals surface area contributed by atoms with Crippen molar-refractivity contribution in [1.29, 1.82) is 0 Å². The first kappa shape index (κ1) is 10.4. The molecule has 2 rings (SSSR count). The first-order valence-corrected chi connectivity index (χ1v) is 5.35. The topological polar surface area (TPSA) is 63.4 Å². The molecule has 3 atom stereocenters. The minimum Gasteiger partial charge on any atom is -0.331 e. The minimum absolute atomic E-state index is 0.115. The van der Waals surface area contributed by atoms with E-state index in [9.17, 15) is 9.59 Å². The Morgan fingerprint density at radius 2 is 2.40 bits per heavy atom. The Morgan fingerprint density at radius 1 is 1.73 bits per heavy atom. The number of carbonyl (C=O) groups is 2. The fraction of sp³-hybridized carbons (Fsp3) is 0.636. The summed E-state index contributed by atoms with van der Waals surface area (Å²) in [5, 5.41) is 0. The van der Waals surface area contributed by atoms with Gasteiger partial charge in [0.25, 0.3) is 0 Å². The molecule has 0 spiro atoms. The van der Waals surface area contributed by atoms with Gasteiger partial charge in [-0.1, -0.05) is 11.6 Å². The van der Waals surface area contributed by atoms with E-state index in [0.717, 1.165) is 19.1 Å². The van der Waals surface area contributed by atoms with Crippen LogP contribution in [-0.2, 0) is 9.59 Å². The number of nitrogens with zero attached hydrogens (tertiary/aromatic N) is 1. The van der Waals surface area contributed by atoms with Crippen LogP contribution in [0.15, 0.2) is 11.6 Å². The minimum atomic E-state index is -0.514. The van der Waals surface area contributed by atoms with Crippen molar-refractivity contribution in [2.75, 3.05) is 6.54 Å². The van der Waals surface area contributed by atoms with Crippen LogP contribution in [0.3, 0.4) is 0 Å². The SMILES string of the molecule is CC(N)C(=O)N1CCC(C2=CC2)C1C=O. The maximum Gasteiger partial charge on any atom is 0.239 e. The van der Waals surface area contributed by atoms with Gasteiger partial charge in [0.1, 0.15) is 6.29 Å². The van der Waals surface area contributed by atoms with Crippen LogP contribution in [0.4, 0.5) is 0 Å². The number of amides is 1. The summed E-state index contributed by atoms with van der Waals surface area (Å²) in [6.07, 6.45) is 4.92. The maximum atomic E-state index is 11.7. The molecule has 1 aliphatic heterocycles. The highest BCUT2D eigenvalue weighted by atomic mass is 16.2. The molecule has 0 saturated carbocycles. The molecule has 0 aromatic heterocycles. The van der Waals surface area contributed by atoms with Crippen molar-refractivity contribution >= 4 is 12.2 Å². The Kier molecular flexibility index (Phi) is 2.61. The van der Waals surface area contributed by atoms with Gasteiger partial charge < -0.3 is 15.4 Å². The van der Waals surface area contributed by atoms with Crippen LogP contribution >= 0.6 is 0 Å². The first-order chi connectivity index (χ1) is 7.15. The van der Waals surface area contributed by atoms with Gasteiger partial charge in [-0.05, 0) is 19.8 Å².